The molecule has 1 aromatic heterocycles. The van der Waals surface area contributed by atoms with E-state index in [0.717, 1.165) is 34.8 Å². The first-order valence-corrected chi connectivity index (χ1v) is 6.29. The molecule has 2 aromatic rings. The summed E-state index contributed by atoms with van der Waals surface area (Å²) in [6.07, 6.45) is 0. The smallest absolute Gasteiger partial charge is 0.122 e. The first-order valence-electron chi connectivity index (χ1n) is 6.29. The molecule has 0 aliphatic heterocycles. The lowest BCUT2D eigenvalue weighted by Gasteiger charge is -2.12. The van der Waals surface area contributed by atoms with Gasteiger partial charge in [0.15, 0.2) is 0 Å². The van der Waals surface area contributed by atoms with Crippen LogP contribution in [0.1, 0.15) is 16.8 Å². The lowest BCUT2D eigenvalue weighted by atomic mass is 10.00. The molecule has 0 amide bonds. The molecule has 2 rings (SSSR count). The maximum atomic E-state index is 5.32. The molecular weight excluding hydrogens is 238 g/mol. The third-order valence-corrected chi connectivity index (χ3v) is 3.31. The van der Waals surface area contributed by atoms with Crippen molar-refractivity contribution in [1.29, 1.82) is 0 Å². The lowest BCUT2D eigenvalue weighted by molar-refractivity contribution is 0.411. The normalized spacial score (nSPS) is 10.5. The van der Waals surface area contributed by atoms with Gasteiger partial charge in [-0.3, -0.25) is 0 Å². The van der Waals surface area contributed by atoms with Crippen LogP contribution < -0.4 is 10.1 Å². The van der Waals surface area contributed by atoms with Crippen molar-refractivity contribution in [2.75, 3.05) is 14.2 Å². The highest BCUT2D eigenvalue weighted by Gasteiger charge is 2.09. The van der Waals surface area contributed by atoms with Crippen LogP contribution in [0.5, 0.6) is 5.75 Å². The molecule has 4 nitrogen and oxygen atoms in total. The van der Waals surface area contributed by atoms with Crippen molar-refractivity contribution in [3.8, 4) is 17.0 Å². The standard InChI is InChI=1S/C15H19N3O/c1-10-11(2)15(19-4)8-6-13(10)14-7-5-12(9-16-3)17-18-14/h5-8,16H,9H2,1-4H3. The van der Waals surface area contributed by atoms with Crippen molar-refractivity contribution in [3.05, 3.63) is 41.1 Å². The molecule has 0 saturated carbocycles. The number of aromatic nitrogens is 2. The van der Waals surface area contributed by atoms with Crippen molar-refractivity contribution in [2.45, 2.75) is 20.4 Å². The van der Waals surface area contributed by atoms with Crippen LogP contribution in [-0.4, -0.2) is 24.4 Å². The van der Waals surface area contributed by atoms with Gasteiger partial charge < -0.3 is 10.1 Å². The zero-order valence-corrected chi connectivity index (χ0v) is 11.8. The predicted octanol–water partition coefficient (Wildman–Crippen LogP) is 2.49. The van der Waals surface area contributed by atoms with Crippen LogP contribution in [0.3, 0.4) is 0 Å². The van der Waals surface area contributed by atoms with Gasteiger partial charge in [0.25, 0.3) is 0 Å². The van der Waals surface area contributed by atoms with Gasteiger partial charge in [-0.25, -0.2) is 0 Å². The average Bonchev–Trinajstić information content (AvgIpc) is 2.43. The molecule has 100 valence electrons. The Balaban J connectivity index is 2.39. The molecule has 19 heavy (non-hydrogen) atoms. The molecule has 0 aliphatic carbocycles. The summed E-state index contributed by atoms with van der Waals surface area (Å²) >= 11 is 0. The van der Waals surface area contributed by atoms with E-state index in [1.807, 2.05) is 31.3 Å². The average molecular weight is 257 g/mol. The molecule has 0 atom stereocenters. The van der Waals surface area contributed by atoms with E-state index in [4.69, 9.17) is 4.74 Å². The Morgan fingerprint density at radius 2 is 1.84 bits per heavy atom. The SMILES string of the molecule is CNCc1ccc(-c2ccc(OC)c(C)c2C)nn1. The topological polar surface area (TPSA) is 47.0 Å². The first kappa shape index (κ1) is 13.5. The highest BCUT2D eigenvalue weighted by atomic mass is 16.5. The van der Waals surface area contributed by atoms with Gasteiger partial charge in [-0.15, -0.1) is 0 Å². The van der Waals surface area contributed by atoms with E-state index >= 15 is 0 Å². The lowest BCUT2D eigenvalue weighted by Crippen LogP contribution is -2.07. The monoisotopic (exact) mass is 257 g/mol. The molecule has 0 fully saturated rings. The molecule has 0 bridgehead atoms. The van der Waals surface area contributed by atoms with Crippen LogP contribution in [0, 0.1) is 13.8 Å². The second kappa shape index (κ2) is 5.80. The Hall–Kier alpha value is -1.94. The van der Waals surface area contributed by atoms with Gasteiger partial charge in [-0.2, -0.15) is 10.2 Å². The second-order valence-electron chi connectivity index (χ2n) is 4.51. The number of nitrogens with one attached hydrogen (secondary N) is 1. The van der Waals surface area contributed by atoms with E-state index in [1.165, 1.54) is 5.56 Å². The third-order valence-electron chi connectivity index (χ3n) is 3.31. The minimum absolute atomic E-state index is 0.730. The fourth-order valence-corrected chi connectivity index (χ4v) is 2.07. The van der Waals surface area contributed by atoms with Crippen LogP contribution in [0.2, 0.25) is 0 Å². The van der Waals surface area contributed by atoms with Crippen LogP contribution in [-0.2, 0) is 6.54 Å². The molecule has 0 saturated heterocycles. The van der Waals surface area contributed by atoms with E-state index < -0.39 is 0 Å². The Labute approximate surface area is 113 Å². The van der Waals surface area contributed by atoms with E-state index in [1.54, 1.807) is 7.11 Å². The fourth-order valence-electron chi connectivity index (χ4n) is 2.07. The van der Waals surface area contributed by atoms with Crippen LogP contribution >= 0.6 is 0 Å². The molecule has 0 aliphatic rings. The number of hydrogen-bond donors (Lipinski definition) is 1. The summed E-state index contributed by atoms with van der Waals surface area (Å²) in [7, 11) is 3.58. The maximum absolute atomic E-state index is 5.32. The van der Waals surface area contributed by atoms with Crippen molar-refractivity contribution < 1.29 is 4.74 Å². The molecule has 0 radical (unpaired) electrons. The highest BCUT2D eigenvalue weighted by molar-refractivity contribution is 5.66. The number of rotatable bonds is 4. The predicted molar refractivity (Wildman–Crippen MR) is 76.3 cm³/mol. The zero-order valence-electron chi connectivity index (χ0n) is 11.8. The Bertz CT molecular complexity index is 564. The molecule has 0 spiro atoms. The zero-order chi connectivity index (χ0) is 13.8. The summed E-state index contributed by atoms with van der Waals surface area (Å²) in [5.41, 5.74) is 5.25. The number of nitrogens with zero attached hydrogens (tertiary/aromatic N) is 2. The van der Waals surface area contributed by atoms with Crippen LogP contribution in [0.4, 0.5) is 0 Å². The minimum atomic E-state index is 0.730. The summed E-state index contributed by atoms with van der Waals surface area (Å²) in [4.78, 5) is 0. The van der Waals surface area contributed by atoms with Gasteiger partial charge >= 0.3 is 0 Å². The number of hydrogen-bond acceptors (Lipinski definition) is 4. The van der Waals surface area contributed by atoms with E-state index in [2.05, 4.69) is 29.4 Å². The highest BCUT2D eigenvalue weighted by Crippen LogP contribution is 2.29. The van der Waals surface area contributed by atoms with E-state index in [9.17, 15) is 0 Å². The number of ether oxygens (including phenoxy) is 1. The molecule has 1 aromatic carbocycles. The van der Waals surface area contributed by atoms with Crippen molar-refractivity contribution >= 4 is 0 Å². The van der Waals surface area contributed by atoms with E-state index in [0.29, 0.717) is 0 Å². The summed E-state index contributed by atoms with van der Waals surface area (Å²) < 4.78 is 5.32. The van der Waals surface area contributed by atoms with Crippen LogP contribution in [0.15, 0.2) is 24.3 Å². The summed E-state index contributed by atoms with van der Waals surface area (Å²) in [6, 6.07) is 8.01. The molecule has 1 heterocycles. The quantitative estimate of drug-likeness (QED) is 0.914. The maximum Gasteiger partial charge on any atom is 0.122 e. The number of methoxy groups -OCH3 is 1. The van der Waals surface area contributed by atoms with Crippen molar-refractivity contribution in [3.63, 3.8) is 0 Å². The second-order valence-corrected chi connectivity index (χ2v) is 4.51. The molecule has 0 unspecified atom stereocenters. The molecular formula is C15H19N3O. The largest absolute Gasteiger partial charge is 0.496 e. The van der Waals surface area contributed by atoms with Gasteiger partial charge in [-0.1, -0.05) is 0 Å². The van der Waals surface area contributed by atoms with Crippen molar-refractivity contribution in [1.82, 2.24) is 15.5 Å². The van der Waals surface area contributed by atoms with Gasteiger partial charge in [0.05, 0.1) is 18.5 Å². The van der Waals surface area contributed by atoms with Gasteiger partial charge in [0.1, 0.15) is 5.75 Å². The Morgan fingerprint density at radius 3 is 2.42 bits per heavy atom. The minimum Gasteiger partial charge on any atom is -0.496 e. The first-order chi connectivity index (χ1) is 9.17. The Kier molecular flexibility index (Phi) is 4.12. The Morgan fingerprint density at radius 1 is 1.05 bits per heavy atom. The molecule has 4 heteroatoms. The van der Waals surface area contributed by atoms with E-state index in [-0.39, 0.29) is 0 Å². The molecule has 1 N–H and O–H groups in total. The van der Waals surface area contributed by atoms with Gasteiger partial charge in [0.2, 0.25) is 0 Å². The summed E-state index contributed by atoms with van der Waals surface area (Å²) in [5.74, 6) is 0.904. The van der Waals surface area contributed by atoms with Gasteiger partial charge in [0, 0.05) is 12.1 Å². The summed E-state index contributed by atoms with van der Waals surface area (Å²) in [6.45, 7) is 4.87. The third kappa shape index (κ3) is 2.74. The van der Waals surface area contributed by atoms with Crippen molar-refractivity contribution in [2.24, 2.45) is 0 Å². The summed E-state index contributed by atoms with van der Waals surface area (Å²) in [5, 5.41) is 11.6. The fraction of sp³-hybridized carbons (Fsp3) is 0.333. The number of benzene rings is 1. The van der Waals surface area contributed by atoms with Gasteiger partial charge in [-0.05, 0) is 56.3 Å². The van der Waals surface area contributed by atoms with Crippen LogP contribution in [0.25, 0.3) is 11.3 Å².